The molecule has 1 aliphatic rings. The molecule has 3 rings (SSSR count). The lowest BCUT2D eigenvalue weighted by atomic mass is 10.2. The van der Waals surface area contributed by atoms with Gasteiger partial charge in [-0.25, -0.2) is 9.78 Å². The zero-order chi connectivity index (χ0) is 19.6. The molecule has 144 valence electrons. The fourth-order valence-corrected chi connectivity index (χ4v) is 3.04. The predicted octanol–water partition coefficient (Wildman–Crippen LogP) is 2.61. The van der Waals surface area contributed by atoms with Gasteiger partial charge in [0.2, 0.25) is 0 Å². The molecule has 0 spiro atoms. The van der Waals surface area contributed by atoms with Crippen molar-refractivity contribution in [3.8, 4) is 5.75 Å². The summed E-state index contributed by atoms with van der Waals surface area (Å²) in [6, 6.07) is 5.09. The van der Waals surface area contributed by atoms with E-state index >= 15 is 0 Å². The Morgan fingerprint density at radius 3 is 2.81 bits per heavy atom. The van der Waals surface area contributed by atoms with Crippen molar-refractivity contribution in [1.82, 2.24) is 14.5 Å². The van der Waals surface area contributed by atoms with Crippen LogP contribution in [0.4, 0.5) is 16.2 Å². The maximum Gasteiger partial charge on any atom is 0.322 e. The Kier molecular flexibility index (Phi) is 5.34. The molecule has 27 heavy (non-hydrogen) atoms. The van der Waals surface area contributed by atoms with Crippen LogP contribution in [-0.4, -0.2) is 46.1 Å². The van der Waals surface area contributed by atoms with Gasteiger partial charge in [0.05, 0.1) is 12.2 Å². The standard InChI is InChI=1S/C19H25N5O3/c1-5-9-24(12-17-20-8-10-22(17)3)19(26)21-14-6-7-15-16(11-14)27-13(2)18(25)23(15)4/h6-8,10-11,13H,5,9,12H2,1-4H3,(H,21,26)/t13-/m1/s1. The van der Waals surface area contributed by atoms with Crippen molar-refractivity contribution in [2.24, 2.45) is 7.05 Å². The molecule has 0 saturated carbocycles. The maximum absolute atomic E-state index is 12.8. The highest BCUT2D eigenvalue weighted by atomic mass is 16.5. The lowest BCUT2D eigenvalue weighted by Crippen LogP contribution is -2.42. The Balaban J connectivity index is 1.75. The first kappa shape index (κ1) is 18.8. The van der Waals surface area contributed by atoms with Crippen molar-refractivity contribution in [2.75, 3.05) is 23.8 Å². The van der Waals surface area contributed by atoms with E-state index in [1.807, 2.05) is 24.7 Å². The summed E-state index contributed by atoms with van der Waals surface area (Å²) < 4.78 is 7.58. The fraction of sp³-hybridized carbons (Fsp3) is 0.421. The number of likely N-dealkylation sites (N-methyl/N-ethyl adjacent to an activating group) is 1. The van der Waals surface area contributed by atoms with Crippen LogP contribution in [0.1, 0.15) is 26.1 Å². The number of aromatic nitrogens is 2. The second-order valence-corrected chi connectivity index (χ2v) is 6.65. The molecule has 8 nitrogen and oxygen atoms in total. The second-order valence-electron chi connectivity index (χ2n) is 6.65. The molecule has 1 aliphatic heterocycles. The molecule has 1 atom stereocenters. The number of carbonyl (C=O) groups is 2. The number of fused-ring (bicyclic) bond motifs is 1. The number of hydrogen-bond acceptors (Lipinski definition) is 4. The monoisotopic (exact) mass is 371 g/mol. The first-order valence-electron chi connectivity index (χ1n) is 9.01. The van der Waals surface area contributed by atoms with E-state index in [2.05, 4.69) is 10.3 Å². The van der Waals surface area contributed by atoms with E-state index in [-0.39, 0.29) is 11.9 Å². The molecule has 3 amide bonds. The van der Waals surface area contributed by atoms with E-state index in [1.54, 1.807) is 48.2 Å². The molecule has 2 heterocycles. The van der Waals surface area contributed by atoms with E-state index in [9.17, 15) is 9.59 Å². The molecular weight excluding hydrogens is 346 g/mol. The number of anilines is 2. The maximum atomic E-state index is 12.8. The van der Waals surface area contributed by atoms with E-state index in [0.29, 0.717) is 30.2 Å². The van der Waals surface area contributed by atoms with Gasteiger partial charge in [-0.15, -0.1) is 0 Å². The zero-order valence-electron chi connectivity index (χ0n) is 16.1. The number of imidazole rings is 1. The quantitative estimate of drug-likeness (QED) is 0.876. The van der Waals surface area contributed by atoms with Crippen molar-refractivity contribution >= 4 is 23.3 Å². The van der Waals surface area contributed by atoms with E-state index in [1.165, 1.54) is 0 Å². The number of benzene rings is 1. The third-order valence-corrected chi connectivity index (χ3v) is 4.59. The summed E-state index contributed by atoms with van der Waals surface area (Å²) in [4.78, 5) is 32.4. The van der Waals surface area contributed by atoms with Crippen LogP contribution in [0.25, 0.3) is 0 Å². The number of nitrogens with one attached hydrogen (secondary N) is 1. The molecule has 2 aromatic rings. The summed E-state index contributed by atoms with van der Waals surface area (Å²) >= 11 is 0. The van der Waals surface area contributed by atoms with Crippen LogP contribution in [-0.2, 0) is 18.4 Å². The van der Waals surface area contributed by atoms with E-state index in [0.717, 1.165) is 12.2 Å². The van der Waals surface area contributed by atoms with Crippen molar-refractivity contribution < 1.29 is 14.3 Å². The third kappa shape index (κ3) is 3.89. The number of aryl methyl sites for hydroxylation is 1. The van der Waals surface area contributed by atoms with Crippen LogP contribution in [0.5, 0.6) is 5.75 Å². The normalized spacial score (nSPS) is 15.9. The molecule has 1 aromatic heterocycles. The van der Waals surface area contributed by atoms with E-state index in [4.69, 9.17) is 4.74 Å². The van der Waals surface area contributed by atoms with Crippen LogP contribution in [0.3, 0.4) is 0 Å². The number of hydrogen-bond donors (Lipinski definition) is 1. The van der Waals surface area contributed by atoms with Crippen molar-refractivity contribution in [1.29, 1.82) is 0 Å². The van der Waals surface area contributed by atoms with Crippen LogP contribution >= 0.6 is 0 Å². The second kappa shape index (κ2) is 7.69. The van der Waals surface area contributed by atoms with Crippen molar-refractivity contribution in [2.45, 2.75) is 32.9 Å². The van der Waals surface area contributed by atoms with E-state index < -0.39 is 6.10 Å². The first-order valence-corrected chi connectivity index (χ1v) is 9.01. The topological polar surface area (TPSA) is 79.7 Å². The Morgan fingerprint density at radius 1 is 1.37 bits per heavy atom. The SMILES string of the molecule is CCCN(Cc1nccn1C)C(=O)Nc1ccc2c(c1)O[C@H](C)C(=O)N2C. The summed E-state index contributed by atoms with van der Waals surface area (Å²) in [6.45, 7) is 4.79. The van der Waals surface area contributed by atoms with Crippen LogP contribution < -0.4 is 15.0 Å². The van der Waals surface area contributed by atoms with Gasteiger partial charge in [0, 0.05) is 44.8 Å². The van der Waals surface area contributed by atoms with Crippen LogP contribution in [0.15, 0.2) is 30.6 Å². The van der Waals surface area contributed by atoms with Crippen molar-refractivity contribution in [3.63, 3.8) is 0 Å². The number of carbonyl (C=O) groups excluding carboxylic acids is 2. The Morgan fingerprint density at radius 2 is 2.15 bits per heavy atom. The van der Waals surface area contributed by atoms with Gasteiger partial charge in [0.25, 0.3) is 5.91 Å². The summed E-state index contributed by atoms with van der Waals surface area (Å²) in [5, 5.41) is 2.92. The molecule has 0 aliphatic carbocycles. The van der Waals surface area contributed by atoms with Gasteiger partial charge < -0.3 is 24.4 Å². The minimum absolute atomic E-state index is 0.0940. The number of ether oxygens (including phenoxy) is 1. The summed E-state index contributed by atoms with van der Waals surface area (Å²) in [7, 11) is 3.62. The Bertz CT molecular complexity index is 848. The average Bonchev–Trinajstić information content (AvgIpc) is 3.04. The highest BCUT2D eigenvalue weighted by Crippen LogP contribution is 2.35. The van der Waals surface area contributed by atoms with Gasteiger partial charge in [-0.2, -0.15) is 0 Å². The largest absolute Gasteiger partial charge is 0.479 e. The highest BCUT2D eigenvalue weighted by Gasteiger charge is 2.29. The van der Waals surface area contributed by atoms with Gasteiger partial charge >= 0.3 is 6.03 Å². The molecule has 0 radical (unpaired) electrons. The molecule has 8 heteroatoms. The minimum Gasteiger partial charge on any atom is -0.479 e. The average molecular weight is 371 g/mol. The summed E-state index contributed by atoms with van der Waals surface area (Å²) in [6.07, 6.45) is 3.87. The fourth-order valence-electron chi connectivity index (χ4n) is 3.04. The molecule has 0 saturated heterocycles. The first-order chi connectivity index (χ1) is 12.9. The molecule has 1 N–H and O–H groups in total. The van der Waals surface area contributed by atoms with Gasteiger partial charge in [-0.05, 0) is 25.5 Å². The number of nitrogens with zero attached hydrogens (tertiary/aromatic N) is 4. The third-order valence-electron chi connectivity index (χ3n) is 4.59. The lowest BCUT2D eigenvalue weighted by molar-refractivity contribution is -0.125. The zero-order valence-corrected chi connectivity index (χ0v) is 16.1. The minimum atomic E-state index is -0.548. The highest BCUT2D eigenvalue weighted by molar-refractivity contribution is 6.00. The Labute approximate surface area is 158 Å². The van der Waals surface area contributed by atoms with Crippen LogP contribution in [0.2, 0.25) is 0 Å². The molecule has 0 fully saturated rings. The summed E-state index contributed by atoms with van der Waals surface area (Å²) in [5.41, 5.74) is 1.31. The lowest BCUT2D eigenvalue weighted by Gasteiger charge is -2.30. The number of amides is 3. The number of rotatable bonds is 5. The Hall–Kier alpha value is -3.03. The molecule has 1 aromatic carbocycles. The smallest absolute Gasteiger partial charge is 0.322 e. The van der Waals surface area contributed by atoms with Gasteiger partial charge in [-0.3, -0.25) is 4.79 Å². The number of urea groups is 1. The van der Waals surface area contributed by atoms with Crippen molar-refractivity contribution in [3.05, 3.63) is 36.4 Å². The molecule has 0 bridgehead atoms. The van der Waals surface area contributed by atoms with Gasteiger partial charge in [-0.1, -0.05) is 6.92 Å². The molecule has 0 unspecified atom stereocenters. The van der Waals surface area contributed by atoms with Gasteiger partial charge in [0.15, 0.2) is 6.10 Å². The predicted molar refractivity (Wildman–Crippen MR) is 103 cm³/mol. The van der Waals surface area contributed by atoms with Crippen LogP contribution in [0, 0.1) is 0 Å². The van der Waals surface area contributed by atoms with Gasteiger partial charge in [0.1, 0.15) is 11.6 Å². The summed E-state index contributed by atoms with van der Waals surface area (Å²) in [5.74, 6) is 1.30. The molecular formula is C19H25N5O3.